The zero-order valence-electron chi connectivity index (χ0n) is 9.70. The minimum absolute atomic E-state index is 0.103. The molecule has 0 radical (unpaired) electrons. The molecule has 1 aromatic heterocycles. The number of azide groups is 1. The van der Waals surface area contributed by atoms with Crippen molar-refractivity contribution >= 4 is 20.8 Å². The van der Waals surface area contributed by atoms with Crippen molar-refractivity contribution in [1.82, 2.24) is 9.55 Å². The summed E-state index contributed by atoms with van der Waals surface area (Å²) in [4.78, 5) is 17.2. The monoisotopic (exact) mass is 332 g/mol. The second kappa shape index (κ2) is 5.60. The van der Waals surface area contributed by atoms with Gasteiger partial charge >= 0.3 is 113 Å². The summed E-state index contributed by atoms with van der Waals surface area (Å²) >= 11 is -0.297. The molecule has 102 valence electrons. The van der Waals surface area contributed by atoms with E-state index in [9.17, 15) is 15.0 Å². The Morgan fingerprint density at radius 2 is 2.42 bits per heavy atom. The van der Waals surface area contributed by atoms with Crippen molar-refractivity contribution in [1.29, 1.82) is 0 Å². The van der Waals surface area contributed by atoms with E-state index in [1.54, 1.807) is 0 Å². The Kier molecular flexibility index (Phi) is 4.08. The standard InChI is InChI=1S/C9H12N6O3Se/c10-5-1-2-15(9(18)12-5)8-6(13-14-11)7(17)4(3-16)19-8/h1-2,4,6-8,16-17H,3H2,(H2,10,12,18)/t4-,6+,7-,8?/m1/s1. The molecule has 1 aliphatic rings. The Morgan fingerprint density at radius 3 is 3.00 bits per heavy atom. The van der Waals surface area contributed by atoms with Gasteiger partial charge in [0, 0.05) is 0 Å². The predicted molar refractivity (Wildman–Crippen MR) is 67.5 cm³/mol. The van der Waals surface area contributed by atoms with E-state index in [1.807, 2.05) is 0 Å². The predicted octanol–water partition coefficient (Wildman–Crippen LogP) is -1.14. The molecular formula is C9H12N6O3Se. The SMILES string of the molecule is [N-]=[N+]=N[C@@H]1C(n2ccc(N)nc2=O)[Se][C@H](CO)[C@H]1O. The van der Waals surface area contributed by atoms with Crippen molar-refractivity contribution in [3.63, 3.8) is 0 Å². The molecule has 1 saturated heterocycles. The maximum absolute atomic E-state index is 11.8. The first-order chi connectivity index (χ1) is 9.08. The van der Waals surface area contributed by atoms with Crippen molar-refractivity contribution in [3.8, 4) is 0 Å². The quantitative estimate of drug-likeness (QED) is 0.277. The van der Waals surface area contributed by atoms with Gasteiger partial charge in [-0.15, -0.1) is 0 Å². The van der Waals surface area contributed by atoms with Crippen LogP contribution < -0.4 is 11.4 Å². The molecule has 1 aromatic rings. The number of rotatable bonds is 3. The number of hydrogen-bond acceptors (Lipinski definition) is 6. The van der Waals surface area contributed by atoms with Crippen LogP contribution in [0, 0.1) is 0 Å². The number of aliphatic hydroxyl groups is 2. The Bertz CT molecular complexity index is 571. The maximum atomic E-state index is 11.8. The third-order valence-corrected chi connectivity index (χ3v) is 6.11. The molecule has 2 heterocycles. The van der Waals surface area contributed by atoms with Crippen molar-refractivity contribution in [2.75, 3.05) is 12.3 Å². The van der Waals surface area contributed by atoms with Crippen LogP contribution >= 0.6 is 0 Å². The van der Waals surface area contributed by atoms with Crippen molar-refractivity contribution in [2.24, 2.45) is 5.11 Å². The summed E-state index contributed by atoms with van der Waals surface area (Å²) in [7, 11) is 0. The van der Waals surface area contributed by atoms with Crippen LogP contribution in [0.3, 0.4) is 0 Å². The van der Waals surface area contributed by atoms with E-state index in [0.29, 0.717) is 0 Å². The van der Waals surface area contributed by atoms with E-state index in [-0.39, 0.29) is 32.2 Å². The van der Waals surface area contributed by atoms with Gasteiger partial charge in [-0.3, -0.25) is 0 Å². The van der Waals surface area contributed by atoms with Crippen molar-refractivity contribution in [3.05, 3.63) is 33.2 Å². The summed E-state index contributed by atoms with van der Waals surface area (Å²) in [6.07, 6.45) is 0.499. The summed E-state index contributed by atoms with van der Waals surface area (Å²) in [5.41, 5.74) is 13.4. The second-order valence-corrected chi connectivity index (χ2v) is 6.83. The van der Waals surface area contributed by atoms with Gasteiger partial charge in [0.2, 0.25) is 0 Å². The molecule has 10 heteroatoms. The summed E-state index contributed by atoms with van der Waals surface area (Å²) < 4.78 is 1.30. The molecule has 0 aromatic carbocycles. The average molecular weight is 331 g/mol. The van der Waals surface area contributed by atoms with Gasteiger partial charge in [-0.1, -0.05) is 0 Å². The topological polar surface area (TPSA) is 150 Å². The molecule has 1 aliphatic heterocycles. The molecule has 4 N–H and O–H groups in total. The first kappa shape index (κ1) is 13.9. The number of aromatic nitrogens is 2. The van der Waals surface area contributed by atoms with Crippen LogP contribution in [0.2, 0.25) is 4.82 Å². The van der Waals surface area contributed by atoms with Gasteiger partial charge in [-0.25, -0.2) is 0 Å². The van der Waals surface area contributed by atoms with Crippen LogP contribution in [0.15, 0.2) is 22.2 Å². The van der Waals surface area contributed by atoms with E-state index >= 15 is 0 Å². The number of hydrogen-bond donors (Lipinski definition) is 3. The summed E-state index contributed by atoms with van der Waals surface area (Å²) in [5.74, 6) is 0.103. The number of anilines is 1. The van der Waals surface area contributed by atoms with E-state index in [1.165, 1.54) is 16.8 Å². The molecule has 4 atom stereocenters. The van der Waals surface area contributed by atoms with Gasteiger partial charge in [0.15, 0.2) is 0 Å². The Morgan fingerprint density at radius 1 is 1.68 bits per heavy atom. The van der Waals surface area contributed by atoms with E-state index in [0.717, 1.165) is 0 Å². The Labute approximate surface area is 113 Å². The van der Waals surface area contributed by atoms with Crippen LogP contribution in [0.5, 0.6) is 0 Å². The molecule has 0 saturated carbocycles. The zero-order chi connectivity index (χ0) is 14.0. The molecule has 0 aliphatic carbocycles. The normalized spacial score (nSPS) is 30.0. The van der Waals surface area contributed by atoms with Crippen LogP contribution in [0.25, 0.3) is 10.4 Å². The second-order valence-electron chi connectivity index (χ2n) is 3.98. The van der Waals surface area contributed by atoms with Crippen molar-refractivity contribution in [2.45, 2.75) is 21.9 Å². The van der Waals surface area contributed by atoms with E-state index in [4.69, 9.17) is 11.3 Å². The molecule has 1 unspecified atom stereocenters. The molecule has 19 heavy (non-hydrogen) atoms. The van der Waals surface area contributed by atoms with Gasteiger partial charge in [-0.2, -0.15) is 0 Å². The van der Waals surface area contributed by atoms with Crippen LogP contribution in [0.1, 0.15) is 4.94 Å². The van der Waals surface area contributed by atoms with Gasteiger partial charge in [0.25, 0.3) is 0 Å². The van der Waals surface area contributed by atoms with E-state index in [2.05, 4.69) is 15.0 Å². The fourth-order valence-corrected chi connectivity index (χ4v) is 4.92. The molecule has 0 amide bonds. The number of nitrogens with zero attached hydrogens (tertiary/aromatic N) is 5. The molecular weight excluding hydrogens is 319 g/mol. The Balaban J connectivity index is 2.41. The first-order valence-corrected chi connectivity index (χ1v) is 7.39. The number of aliphatic hydroxyl groups excluding tert-OH is 2. The van der Waals surface area contributed by atoms with Gasteiger partial charge in [0.05, 0.1) is 0 Å². The average Bonchev–Trinajstić information content (AvgIpc) is 2.68. The van der Waals surface area contributed by atoms with Gasteiger partial charge in [-0.05, 0) is 0 Å². The van der Waals surface area contributed by atoms with Crippen LogP contribution in [0.4, 0.5) is 5.82 Å². The first-order valence-electron chi connectivity index (χ1n) is 5.41. The van der Waals surface area contributed by atoms with Gasteiger partial charge < -0.3 is 0 Å². The van der Waals surface area contributed by atoms with Crippen LogP contribution in [-0.4, -0.2) is 53.5 Å². The fourth-order valence-electron chi connectivity index (χ4n) is 1.91. The molecule has 2 rings (SSSR count). The zero-order valence-corrected chi connectivity index (χ0v) is 11.4. The minimum atomic E-state index is -0.963. The number of nitrogen functional groups attached to an aromatic ring is 1. The fraction of sp³-hybridized carbons (Fsp3) is 0.556. The number of nitrogens with two attached hydrogens (primary N) is 1. The molecule has 0 bridgehead atoms. The van der Waals surface area contributed by atoms with Crippen molar-refractivity contribution < 1.29 is 10.2 Å². The summed E-state index contributed by atoms with van der Waals surface area (Å²) in [6.45, 7) is -0.216. The van der Waals surface area contributed by atoms with E-state index < -0.39 is 22.8 Å². The molecule has 1 fully saturated rings. The summed E-state index contributed by atoms with van der Waals surface area (Å²) in [6, 6.07) is 0.675. The Hall–Kier alpha value is -1.57. The molecule has 0 spiro atoms. The summed E-state index contributed by atoms with van der Waals surface area (Å²) in [5, 5.41) is 22.7. The third kappa shape index (κ3) is 2.58. The molecule has 9 nitrogen and oxygen atoms in total. The van der Waals surface area contributed by atoms with Gasteiger partial charge in [0.1, 0.15) is 0 Å². The van der Waals surface area contributed by atoms with Crippen LogP contribution in [-0.2, 0) is 0 Å². The third-order valence-electron chi connectivity index (χ3n) is 2.83.